The monoisotopic (exact) mass is 378 g/mol. The number of rotatable bonds is 4. The van der Waals surface area contributed by atoms with Crippen molar-refractivity contribution in [1.29, 1.82) is 0 Å². The fourth-order valence-electron chi connectivity index (χ4n) is 2.78. The first-order chi connectivity index (χ1) is 12.0. The highest BCUT2D eigenvalue weighted by Gasteiger charge is 2.23. The maximum atomic E-state index is 12.8. The molecule has 2 aromatic rings. The Morgan fingerprint density at radius 3 is 2.88 bits per heavy atom. The number of carbonyl (C=O) groups excluding carboxylic acids is 1. The molecule has 0 spiro atoms. The SMILES string of the molecule is CC(=O)N(C)[C@@H](C)c1ccc2c(c1)CN(S(=O)c1cccs1)CCO2. The van der Waals surface area contributed by atoms with Crippen LogP contribution in [0.5, 0.6) is 5.75 Å². The number of amides is 1. The number of ether oxygens (including phenoxy) is 1. The summed E-state index contributed by atoms with van der Waals surface area (Å²) in [5, 5.41) is 1.94. The lowest BCUT2D eigenvalue weighted by Gasteiger charge is -2.25. The van der Waals surface area contributed by atoms with Gasteiger partial charge in [0, 0.05) is 32.6 Å². The summed E-state index contributed by atoms with van der Waals surface area (Å²) < 4.78 is 21.4. The molecular weight excluding hydrogens is 356 g/mol. The van der Waals surface area contributed by atoms with Crippen LogP contribution in [0.4, 0.5) is 0 Å². The summed E-state index contributed by atoms with van der Waals surface area (Å²) >= 11 is 1.50. The molecule has 0 radical (unpaired) electrons. The molecule has 0 bridgehead atoms. The van der Waals surface area contributed by atoms with Gasteiger partial charge in [-0.3, -0.25) is 4.79 Å². The minimum atomic E-state index is -1.18. The summed E-state index contributed by atoms with van der Waals surface area (Å²) in [5.74, 6) is 0.853. The molecular formula is C18H22N2O3S2. The Kier molecular flexibility index (Phi) is 5.56. The fraction of sp³-hybridized carbons (Fsp3) is 0.389. The van der Waals surface area contributed by atoms with Crippen LogP contribution in [-0.2, 0) is 22.3 Å². The van der Waals surface area contributed by atoms with Gasteiger partial charge in [-0.15, -0.1) is 11.3 Å². The summed E-state index contributed by atoms with van der Waals surface area (Å²) in [6.45, 7) is 5.24. The third kappa shape index (κ3) is 3.94. The molecule has 134 valence electrons. The lowest BCUT2D eigenvalue weighted by atomic mass is 10.0. The Morgan fingerprint density at radius 1 is 1.40 bits per heavy atom. The summed E-state index contributed by atoms with van der Waals surface area (Å²) in [6.07, 6.45) is 0. The van der Waals surface area contributed by atoms with E-state index in [1.54, 1.807) is 18.9 Å². The normalized spacial score (nSPS) is 17.1. The predicted molar refractivity (Wildman–Crippen MR) is 99.9 cm³/mol. The third-order valence-electron chi connectivity index (χ3n) is 4.49. The molecule has 0 N–H and O–H groups in total. The van der Waals surface area contributed by atoms with Crippen molar-refractivity contribution in [2.75, 3.05) is 20.2 Å². The van der Waals surface area contributed by atoms with E-state index in [9.17, 15) is 9.00 Å². The van der Waals surface area contributed by atoms with Crippen LogP contribution in [0, 0.1) is 0 Å². The summed E-state index contributed by atoms with van der Waals surface area (Å²) in [7, 11) is 0.616. The first kappa shape index (κ1) is 18.1. The number of hydrogen-bond donors (Lipinski definition) is 0. The maximum Gasteiger partial charge on any atom is 0.219 e. The maximum absolute atomic E-state index is 12.8. The highest BCUT2D eigenvalue weighted by molar-refractivity contribution is 7.85. The summed E-state index contributed by atoms with van der Waals surface area (Å²) in [4.78, 5) is 13.3. The van der Waals surface area contributed by atoms with Crippen LogP contribution in [0.2, 0.25) is 0 Å². The first-order valence-electron chi connectivity index (χ1n) is 8.16. The number of benzene rings is 1. The molecule has 25 heavy (non-hydrogen) atoms. The first-order valence-corrected chi connectivity index (χ1v) is 10.2. The van der Waals surface area contributed by atoms with Crippen molar-refractivity contribution in [3.05, 3.63) is 46.8 Å². The summed E-state index contributed by atoms with van der Waals surface area (Å²) in [6, 6.07) is 9.79. The minimum Gasteiger partial charge on any atom is -0.492 e. The van der Waals surface area contributed by atoms with E-state index in [1.165, 1.54) is 11.3 Å². The Morgan fingerprint density at radius 2 is 2.20 bits per heavy atom. The standard InChI is InChI=1S/C18H22N2O3S2/c1-13(19(3)14(2)21)15-6-7-17-16(11-15)12-20(8-9-23-17)25(22)18-5-4-10-24-18/h4-7,10-11,13H,8-9,12H2,1-3H3/t13-,25?/m0/s1. The number of carbonyl (C=O) groups is 1. The van der Waals surface area contributed by atoms with Gasteiger partial charge in [0.15, 0.2) is 0 Å². The molecule has 1 aliphatic heterocycles. The molecule has 1 aliphatic rings. The number of hydrogen-bond acceptors (Lipinski definition) is 4. The van der Waals surface area contributed by atoms with Gasteiger partial charge < -0.3 is 9.64 Å². The van der Waals surface area contributed by atoms with E-state index in [0.29, 0.717) is 19.7 Å². The number of thiophene rings is 1. The van der Waals surface area contributed by atoms with Crippen LogP contribution >= 0.6 is 11.3 Å². The lowest BCUT2D eigenvalue weighted by Crippen LogP contribution is -2.28. The van der Waals surface area contributed by atoms with Crippen molar-refractivity contribution in [1.82, 2.24) is 9.21 Å². The van der Waals surface area contributed by atoms with Gasteiger partial charge in [-0.2, -0.15) is 0 Å². The molecule has 0 fully saturated rings. The highest BCUT2D eigenvalue weighted by atomic mass is 32.2. The molecule has 0 saturated heterocycles. The molecule has 1 aromatic heterocycles. The predicted octanol–water partition coefficient (Wildman–Crippen LogP) is 3.20. The minimum absolute atomic E-state index is 0.0257. The van der Waals surface area contributed by atoms with Gasteiger partial charge in [-0.1, -0.05) is 12.1 Å². The zero-order chi connectivity index (χ0) is 18.0. The smallest absolute Gasteiger partial charge is 0.219 e. The Hall–Kier alpha value is -1.70. The second-order valence-corrected chi connectivity index (χ2v) is 8.73. The van der Waals surface area contributed by atoms with Gasteiger partial charge in [0.05, 0.1) is 6.04 Å². The van der Waals surface area contributed by atoms with Gasteiger partial charge >= 0.3 is 0 Å². The van der Waals surface area contributed by atoms with E-state index < -0.39 is 11.0 Å². The molecule has 5 nitrogen and oxygen atoms in total. The number of nitrogens with zero attached hydrogens (tertiary/aromatic N) is 2. The van der Waals surface area contributed by atoms with Crippen molar-refractivity contribution >= 4 is 28.2 Å². The van der Waals surface area contributed by atoms with Gasteiger partial charge in [0.25, 0.3) is 0 Å². The van der Waals surface area contributed by atoms with Crippen molar-refractivity contribution in [3.8, 4) is 5.75 Å². The van der Waals surface area contributed by atoms with Crippen molar-refractivity contribution in [3.63, 3.8) is 0 Å². The topological polar surface area (TPSA) is 49.9 Å². The summed E-state index contributed by atoms with van der Waals surface area (Å²) in [5.41, 5.74) is 2.05. The average molecular weight is 379 g/mol. The van der Waals surface area contributed by atoms with Crippen LogP contribution in [0.1, 0.15) is 31.0 Å². The Bertz CT molecular complexity index is 777. The molecule has 1 amide bonds. The molecule has 7 heteroatoms. The van der Waals surface area contributed by atoms with E-state index >= 15 is 0 Å². The van der Waals surface area contributed by atoms with Gasteiger partial charge in [0.1, 0.15) is 27.6 Å². The molecule has 3 rings (SSSR count). The van der Waals surface area contributed by atoms with Crippen LogP contribution in [0.15, 0.2) is 39.9 Å². The van der Waals surface area contributed by atoms with Crippen LogP contribution in [0.3, 0.4) is 0 Å². The van der Waals surface area contributed by atoms with E-state index in [-0.39, 0.29) is 11.9 Å². The largest absolute Gasteiger partial charge is 0.492 e. The quantitative estimate of drug-likeness (QED) is 0.821. The van der Waals surface area contributed by atoms with Gasteiger partial charge in [-0.25, -0.2) is 8.51 Å². The zero-order valence-electron chi connectivity index (χ0n) is 14.6. The lowest BCUT2D eigenvalue weighted by molar-refractivity contribution is -0.129. The molecule has 1 unspecified atom stereocenters. The molecule has 2 atom stereocenters. The van der Waals surface area contributed by atoms with E-state index in [2.05, 4.69) is 6.07 Å². The van der Waals surface area contributed by atoms with Gasteiger partial charge in [0.2, 0.25) is 5.91 Å². The van der Waals surface area contributed by atoms with Crippen LogP contribution in [0.25, 0.3) is 0 Å². The van der Waals surface area contributed by atoms with E-state index in [0.717, 1.165) is 21.1 Å². The Balaban J connectivity index is 1.85. The highest BCUT2D eigenvalue weighted by Crippen LogP contribution is 2.30. The van der Waals surface area contributed by atoms with Crippen molar-refractivity contribution < 1.29 is 13.7 Å². The zero-order valence-corrected chi connectivity index (χ0v) is 16.2. The van der Waals surface area contributed by atoms with E-state index in [4.69, 9.17) is 4.74 Å². The molecule has 0 aliphatic carbocycles. The average Bonchev–Trinajstić information content (AvgIpc) is 3.06. The van der Waals surface area contributed by atoms with E-state index in [1.807, 2.05) is 40.9 Å². The molecule has 2 heterocycles. The third-order valence-corrected chi connectivity index (χ3v) is 7.13. The second kappa shape index (κ2) is 7.68. The Labute approximate surface area is 154 Å². The number of fused-ring (bicyclic) bond motifs is 1. The molecule has 1 aromatic carbocycles. The van der Waals surface area contributed by atoms with Crippen LogP contribution in [-0.4, -0.2) is 39.5 Å². The van der Waals surface area contributed by atoms with Crippen molar-refractivity contribution in [2.45, 2.75) is 30.6 Å². The van der Waals surface area contributed by atoms with Gasteiger partial charge in [-0.05, 0) is 36.1 Å². The fourth-order valence-corrected chi connectivity index (χ4v) is 4.98. The second-order valence-electron chi connectivity index (χ2n) is 6.07. The van der Waals surface area contributed by atoms with Crippen molar-refractivity contribution in [2.24, 2.45) is 0 Å². The van der Waals surface area contributed by atoms with Crippen LogP contribution < -0.4 is 4.74 Å². The molecule has 0 saturated carbocycles.